The minimum absolute atomic E-state index is 0.204. The van der Waals surface area contributed by atoms with E-state index in [1.165, 1.54) is 19.1 Å². The smallest absolute Gasteiger partial charge is 0.317 e. The number of ether oxygens (including phenoxy) is 1. The van der Waals surface area contributed by atoms with E-state index < -0.39 is 16.7 Å². The van der Waals surface area contributed by atoms with Gasteiger partial charge < -0.3 is 26.2 Å². The summed E-state index contributed by atoms with van der Waals surface area (Å²) in [5, 5.41) is 16.2. The van der Waals surface area contributed by atoms with Gasteiger partial charge in [-0.05, 0) is 30.2 Å². The number of urea groups is 1. The zero-order chi connectivity index (χ0) is 21.7. The number of rotatable bonds is 7. The van der Waals surface area contributed by atoms with Crippen molar-refractivity contribution < 1.29 is 19.4 Å². The molecule has 1 aliphatic carbocycles. The van der Waals surface area contributed by atoms with Crippen molar-refractivity contribution in [1.82, 2.24) is 5.32 Å². The number of hydrogen-bond donors (Lipinski definition) is 4. The summed E-state index contributed by atoms with van der Waals surface area (Å²) in [4.78, 5) is 20.9. The summed E-state index contributed by atoms with van der Waals surface area (Å²) in [6.07, 6.45) is 6.04. The van der Waals surface area contributed by atoms with Crippen molar-refractivity contribution in [3.63, 3.8) is 0 Å². The Hall–Kier alpha value is -2.26. The summed E-state index contributed by atoms with van der Waals surface area (Å²) in [6, 6.07) is 6.18. The molecule has 29 heavy (non-hydrogen) atoms. The van der Waals surface area contributed by atoms with Crippen LogP contribution in [0.15, 0.2) is 42.5 Å². The molecule has 7 nitrogen and oxygen atoms in total. The van der Waals surface area contributed by atoms with Gasteiger partial charge in [-0.3, -0.25) is 4.79 Å². The molecule has 5 N–H and O–H groups in total. The van der Waals surface area contributed by atoms with Crippen molar-refractivity contribution in [2.45, 2.75) is 37.4 Å². The van der Waals surface area contributed by atoms with E-state index in [1.54, 1.807) is 30.3 Å². The number of carbonyl (C=O) groups excluding carboxylic acids is 2. The number of unbranched alkanes of at least 4 members (excludes halogenated alkanes) is 1. The zero-order valence-electron chi connectivity index (χ0n) is 16.2. The second-order valence-corrected chi connectivity index (χ2v) is 7.59. The minimum atomic E-state index is -2.00. The number of thiocarbonyl (C=S) groups is 1. The molecule has 0 bridgehead atoms. The molecule has 0 saturated heterocycles. The molecule has 0 fully saturated rings. The number of anilines is 1. The van der Waals surface area contributed by atoms with E-state index in [4.69, 9.17) is 34.3 Å². The number of allylic oxidation sites excluding steroid dienone is 2. The summed E-state index contributed by atoms with van der Waals surface area (Å²) in [7, 11) is 0. The predicted molar refractivity (Wildman–Crippen MR) is 118 cm³/mol. The zero-order valence-corrected chi connectivity index (χ0v) is 17.8. The number of hydrogen-bond acceptors (Lipinski definition) is 5. The van der Waals surface area contributed by atoms with Crippen LogP contribution in [0, 0.1) is 0 Å². The molecule has 0 spiro atoms. The van der Waals surface area contributed by atoms with E-state index in [2.05, 4.69) is 10.6 Å². The molecule has 9 heteroatoms. The van der Waals surface area contributed by atoms with Crippen molar-refractivity contribution in [3.05, 3.63) is 48.1 Å². The average molecular weight is 438 g/mol. The Balaban J connectivity index is 2.52. The van der Waals surface area contributed by atoms with Crippen molar-refractivity contribution >= 4 is 52.0 Å². The number of primary amides is 1. The Morgan fingerprint density at radius 1 is 1.34 bits per heavy atom. The maximum absolute atomic E-state index is 11.5. The molecule has 0 aromatic heterocycles. The van der Waals surface area contributed by atoms with E-state index in [0.29, 0.717) is 23.2 Å². The first-order valence-corrected chi connectivity index (χ1v) is 9.87. The SMILES string of the molecule is CCCCOC1(O)C=CC(c2ccccc2NC(C)=O)=CC1(Cl)C(=S)NC(N)=O. The van der Waals surface area contributed by atoms with Crippen molar-refractivity contribution in [2.24, 2.45) is 5.73 Å². The highest BCUT2D eigenvalue weighted by molar-refractivity contribution is 7.80. The molecule has 2 unspecified atom stereocenters. The van der Waals surface area contributed by atoms with Gasteiger partial charge in [0.05, 0.1) is 6.61 Å². The second kappa shape index (κ2) is 9.49. The van der Waals surface area contributed by atoms with Gasteiger partial charge in [-0.25, -0.2) is 4.79 Å². The highest BCUT2D eigenvalue weighted by Crippen LogP contribution is 2.42. The molecule has 2 rings (SSSR count). The topological polar surface area (TPSA) is 114 Å². The third-order valence-electron chi connectivity index (χ3n) is 4.30. The number of benzene rings is 1. The molecule has 0 radical (unpaired) electrons. The van der Waals surface area contributed by atoms with E-state index in [0.717, 1.165) is 6.42 Å². The van der Waals surface area contributed by atoms with Crippen LogP contribution >= 0.6 is 23.8 Å². The van der Waals surface area contributed by atoms with Gasteiger partial charge in [-0.15, -0.1) is 11.6 Å². The number of amides is 3. The van der Waals surface area contributed by atoms with Gasteiger partial charge in [0.25, 0.3) is 0 Å². The number of nitrogens with two attached hydrogens (primary N) is 1. The van der Waals surface area contributed by atoms with Gasteiger partial charge >= 0.3 is 6.03 Å². The fraction of sp³-hybridized carbons (Fsp3) is 0.350. The maximum atomic E-state index is 11.5. The third-order valence-corrected chi connectivity index (χ3v) is 5.41. The molecule has 3 amide bonds. The van der Waals surface area contributed by atoms with Crippen LogP contribution in [0.3, 0.4) is 0 Å². The Morgan fingerprint density at radius 3 is 2.66 bits per heavy atom. The Morgan fingerprint density at radius 2 is 2.03 bits per heavy atom. The fourth-order valence-corrected chi connectivity index (χ4v) is 3.44. The Labute approximate surface area is 179 Å². The van der Waals surface area contributed by atoms with Crippen LogP contribution in [-0.4, -0.2) is 39.3 Å². The third kappa shape index (κ3) is 5.22. The largest absolute Gasteiger partial charge is 0.360 e. The number of aliphatic hydroxyl groups is 1. The first-order chi connectivity index (χ1) is 13.6. The number of para-hydroxylation sites is 1. The van der Waals surface area contributed by atoms with E-state index in [-0.39, 0.29) is 17.5 Å². The first-order valence-electron chi connectivity index (χ1n) is 9.08. The van der Waals surface area contributed by atoms with Crippen LogP contribution in [0.4, 0.5) is 10.5 Å². The summed E-state index contributed by atoms with van der Waals surface area (Å²) >= 11 is 12.0. The number of carbonyl (C=O) groups is 2. The highest BCUT2D eigenvalue weighted by Gasteiger charge is 2.53. The number of alkyl halides is 1. The van der Waals surface area contributed by atoms with Crippen LogP contribution in [0.2, 0.25) is 0 Å². The lowest BCUT2D eigenvalue weighted by atomic mass is 9.86. The molecule has 0 aliphatic heterocycles. The van der Waals surface area contributed by atoms with Gasteiger partial charge in [0.2, 0.25) is 11.7 Å². The van der Waals surface area contributed by atoms with Crippen LogP contribution < -0.4 is 16.4 Å². The number of nitrogens with one attached hydrogen (secondary N) is 2. The average Bonchev–Trinajstić information content (AvgIpc) is 2.64. The van der Waals surface area contributed by atoms with Crippen molar-refractivity contribution in [1.29, 1.82) is 0 Å². The normalized spacial score (nSPS) is 23.2. The molecule has 156 valence electrons. The Bertz CT molecular complexity index is 873. The fourth-order valence-electron chi connectivity index (χ4n) is 2.85. The summed E-state index contributed by atoms with van der Waals surface area (Å²) in [5.41, 5.74) is 6.97. The summed E-state index contributed by atoms with van der Waals surface area (Å²) in [5.74, 6) is -2.24. The molecule has 2 atom stereocenters. The lowest BCUT2D eigenvalue weighted by Gasteiger charge is -2.41. The summed E-state index contributed by atoms with van der Waals surface area (Å²) in [6.45, 7) is 3.62. The molecular formula is C20H24ClN3O4S. The maximum Gasteiger partial charge on any atom is 0.317 e. The van der Waals surface area contributed by atoms with Crippen molar-refractivity contribution in [3.8, 4) is 0 Å². The molecular weight excluding hydrogens is 414 g/mol. The lowest BCUT2D eigenvalue weighted by molar-refractivity contribution is -0.172. The van der Waals surface area contributed by atoms with E-state index >= 15 is 0 Å². The van der Waals surface area contributed by atoms with Crippen LogP contribution in [-0.2, 0) is 9.53 Å². The molecule has 1 aliphatic rings. The minimum Gasteiger partial charge on any atom is -0.360 e. The molecule has 0 heterocycles. The summed E-state index contributed by atoms with van der Waals surface area (Å²) < 4.78 is 5.65. The predicted octanol–water partition coefficient (Wildman–Crippen LogP) is 3.08. The van der Waals surface area contributed by atoms with Crippen molar-refractivity contribution in [2.75, 3.05) is 11.9 Å². The molecule has 1 aromatic rings. The Kier molecular flexibility index (Phi) is 7.54. The quantitative estimate of drug-likeness (QED) is 0.226. The van der Waals surface area contributed by atoms with E-state index in [9.17, 15) is 14.7 Å². The second-order valence-electron chi connectivity index (χ2n) is 6.59. The van der Waals surface area contributed by atoms with Gasteiger partial charge in [0.15, 0.2) is 4.87 Å². The van der Waals surface area contributed by atoms with Crippen LogP contribution in [0.5, 0.6) is 0 Å². The van der Waals surface area contributed by atoms with Gasteiger partial charge in [-0.2, -0.15) is 0 Å². The number of halogens is 1. The lowest BCUT2D eigenvalue weighted by Crippen LogP contribution is -2.60. The monoisotopic (exact) mass is 437 g/mol. The van der Waals surface area contributed by atoms with Crippen LogP contribution in [0.25, 0.3) is 5.57 Å². The standard InChI is InChI=1S/C20H24ClN3O4S/c1-3-4-11-28-20(27)10-9-14(12-19(20,21)17(29)24-18(22)26)15-7-5-6-8-16(15)23-13(2)25/h5-10,12,27H,3-4,11H2,1-2H3,(H,23,25)(H3,22,24,26,29). The molecule has 0 saturated carbocycles. The highest BCUT2D eigenvalue weighted by atomic mass is 35.5. The van der Waals surface area contributed by atoms with E-state index in [1.807, 2.05) is 6.92 Å². The molecule has 1 aromatic carbocycles. The van der Waals surface area contributed by atoms with Crippen LogP contribution in [0.1, 0.15) is 32.3 Å². The van der Waals surface area contributed by atoms with Gasteiger partial charge in [0, 0.05) is 18.2 Å². The van der Waals surface area contributed by atoms with Gasteiger partial charge in [-0.1, -0.05) is 49.8 Å². The van der Waals surface area contributed by atoms with Gasteiger partial charge in [0.1, 0.15) is 4.99 Å². The first kappa shape index (κ1) is 23.0.